The predicted octanol–water partition coefficient (Wildman–Crippen LogP) is 1.83. The van der Waals surface area contributed by atoms with E-state index in [1.54, 1.807) is 0 Å². The molecule has 0 unspecified atom stereocenters. The number of aliphatic hydroxyl groups is 2. The molecule has 0 aromatic heterocycles. The summed E-state index contributed by atoms with van der Waals surface area (Å²) in [6.07, 6.45) is 9.07. The summed E-state index contributed by atoms with van der Waals surface area (Å²) in [6, 6.07) is 0. The zero-order valence-electron chi connectivity index (χ0n) is 9.32. The first kappa shape index (κ1) is 14.3. The predicted molar refractivity (Wildman–Crippen MR) is 60.6 cm³/mol. The monoisotopic (exact) mass is 214 g/mol. The molecule has 2 N–H and O–H groups in total. The second-order valence-corrected chi connectivity index (χ2v) is 3.65. The number of carbonyl (C=O) groups is 1. The van der Waals surface area contributed by atoms with Crippen molar-refractivity contribution in [3.63, 3.8) is 0 Å². The van der Waals surface area contributed by atoms with Crippen LogP contribution in [-0.4, -0.2) is 29.7 Å². The van der Waals surface area contributed by atoms with Crippen LogP contribution in [0.2, 0.25) is 0 Å². The third-order valence-corrected chi connectivity index (χ3v) is 2.29. The average molecular weight is 214 g/mol. The van der Waals surface area contributed by atoms with Crippen molar-refractivity contribution in [3.8, 4) is 0 Å². The molecule has 0 aliphatic heterocycles. The Kier molecular flexibility index (Phi) is 10.9. The summed E-state index contributed by atoms with van der Waals surface area (Å²) in [5.74, 6) is 0. The number of carbonyl (C=O) groups excluding carboxylic acids is 1. The van der Waals surface area contributed by atoms with Crippen molar-refractivity contribution in [1.29, 1.82) is 0 Å². The van der Waals surface area contributed by atoms with Gasteiger partial charge in [-0.2, -0.15) is 0 Å². The molecule has 15 heavy (non-hydrogen) atoms. The van der Waals surface area contributed by atoms with Gasteiger partial charge in [-0.25, -0.2) is 0 Å². The van der Waals surface area contributed by atoms with Crippen molar-refractivity contribution in [2.45, 2.75) is 44.9 Å². The molecular formula is C12H22O3. The first-order valence-electron chi connectivity index (χ1n) is 5.71. The summed E-state index contributed by atoms with van der Waals surface area (Å²) >= 11 is 0. The van der Waals surface area contributed by atoms with Crippen molar-refractivity contribution in [2.75, 3.05) is 13.2 Å². The number of aliphatic hydroxyl groups excluding tert-OH is 2. The summed E-state index contributed by atoms with van der Waals surface area (Å²) in [5, 5.41) is 17.2. The Balaban J connectivity index is 3.55. The van der Waals surface area contributed by atoms with Gasteiger partial charge in [0, 0.05) is 13.2 Å². The van der Waals surface area contributed by atoms with E-state index >= 15 is 0 Å². The molecule has 3 nitrogen and oxygen atoms in total. The highest BCUT2D eigenvalue weighted by Gasteiger charge is 1.95. The lowest BCUT2D eigenvalue weighted by molar-refractivity contribution is -0.105. The molecule has 3 heteroatoms. The van der Waals surface area contributed by atoms with Crippen LogP contribution in [0, 0.1) is 0 Å². The van der Waals surface area contributed by atoms with Crippen molar-refractivity contribution in [3.05, 3.63) is 11.6 Å². The van der Waals surface area contributed by atoms with Crippen LogP contribution in [0.15, 0.2) is 11.6 Å². The van der Waals surface area contributed by atoms with Crippen LogP contribution in [0.5, 0.6) is 0 Å². The van der Waals surface area contributed by atoms with Crippen LogP contribution in [0.3, 0.4) is 0 Å². The molecule has 0 aromatic carbocycles. The largest absolute Gasteiger partial charge is 0.396 e. The van der Waals surface area contributed by atoms with Crippen LogP contribution in [-0.2, 0) is 4.79 Å². The highest BCUT2D eigenvalue weighted by Crippen LogP contribution is 2.08. The standard InChI is InChI=1S/C12H22O3/c13-9-5-2-1-3-7-12(11-15)8-4-6-10-14/h7,11,13-14H,1-6,8-10H2/b12-7-. The van der Waals surface area contributed by atoms with Crippen LogP contribution < -0.4 is 0 Å². The third-order valence-electron chi connectivity index (χ3n) is 2.29. The van der Waals surface area contributed by atoms with E-state index in [1.807, 2.05) is 6.08 Å². The summed E-state index contributed by atoms with van der Waals surface area (Å²) in [6.45, 7) is 0.448. The molecule has 0 bridgehead atoms. The van der Waals surface area contributed by atoms with Gasteiger partial charge in [-0.15, -0.1) is 0 Å². The average Bonchev–Trinajstić information content (AvgIpc) is 2.26. The fourth-order valence-corrected chi connectivity index (χ4v) is 1.37. The van der Waals surface area contributed by atoms with Gasteiger partial charge in [0.15, 0.2) is 0 Å². The lowest BCUT2D eigenvalue weighted by Crippen LogP contribution is -1.89. The SMILES string of the molecule is O=C/C(=C\CCCCCO)CCCCO. The Hall–Kier alpha value is -0.670. The Bertz CT molecular complexity index is 176. The van der Waals surface area contributed by atoms with Gasteiger partial charge in [-0.05, 0) is 44.1 Å². The van der Waals surface area contributed by atoms with Gasteiger partial charge in [0.2, 0.25) is 0 Å². The summed E-state index contributed by atoms with van der Waals surface area (Å²) in [7, 11) is 0. The van der Waals surface area contributed by atoms with Crippen LogP contribution in [0.1, 0.15) is 44.9 Å². The molecule has 0 aliphatic carbocycles. The number of rotatable bonds is 10. The number of allylic oxidation sites excluding steroid dienone is 2. The highest BCUT2D eigenvalue weighted by molar-refractivity contribution is 5.72. The maximum atomic E-state index is 10.6. The van der Waals surface area contributed by atoms with Crippen LogP contribution in [0.25, 0.3) is 0 Å². The Morgan fingerprint density at radius 2 is 1.60 bits per heavy atom. The summed E-state index contributed by atoms with van der Waals surface area (Å²) in [4.78, 5) is 10.6. The van der Waals surface area contributed by atoms with Crippen molar-refractivity contribution >= 4 is 6.29 Å². The Labute approximate surface area is 91.8 Å². The number of unbranched alkanes of at least 4 members (excludes halogenated alkanes) is 4. The molecular weight excluding hydrogens is 192 g/mol. The van der Waals surface area contributed by atoms with Gasteiger partial charge in [-0.1, -0.05) is 12.5 Å². The van der Waals surface area contributed by atoms with Crippen molar-refractivity contribution in [1.82, 2.24) is 0 Å². The molecule has 0 atom stereocenters. The molecule has 0 saturated carbocycles. The molecule has 0 rings (SSSR count). The maximum absolute atomic E-state index is 10.6. The maximum Gasteiger partial charge on any atom is 0.145 e. The van der Waals surface area contributed by atoms with Crippen molar-refractivity contribution < 1.29 is 15.0 Å². The summed E-state index contributed by atoms with van der Waals surface area (Å²) < 4.78 is 0. The number of hydrogen-bond donors (Lipinski definition) is 2. The van der Waals surface area contributed by atoms with Gasteiger partial charge in [0.05, 0.1) is 0 Å². The van der Waals surface area contributed by atoms with E-state index in [0.29, 0.717) is 0 Å². The van der Waals surface area contributed by atoms with E-state index in [2.05, 4.69) is 0 Å². The molecule has 0 aromatic rings. The number of aldehydes is 1. The highest BCUT2D eigenvalue weighted by atomic mass is 16.3. The molecule has 0 fully saturated rings. The number of hydrogen-bond acceptors (Lipinski definition) is 3. The molecule has 0 aliphatic rings. The van der Waals surface area contributed by atoms with Gasteiger partial charge < -0.3 is 10.2 Å². The smallest absolute Gasteiger partial charge is 0.145 e. The van der Waals surface area contributed by atoms with Crippen LogP contribution in [0.4, 0.5) is 0 Å². The Morgan fingerprint density at radius 1 is 0.933 bits per heavy atom. The quantitative estimate of drug-likeness (QED) is 0.331. The summed E-state index contributed by atoms with van der Waals surface area (Å²) in [5.41, 5.74) is 0.840. The van der Waals surface area contributed by atoms with E-state index < -0.39 is 0 Å². The fourth-order valence-electron chi connectivity index (χ4n) is 1.37. The van der Waals surface area contributed by atoms with E-state index in [0.717, 1.165) is 56.8 Å². The molecule has 0 amide bonds. The van der Waals surface area contributed by atoms with E-state index in [1.165, 1.54) is 0 Å². The van der Waals surface area contributed by atoms with Gasteiger partial charge >= 0.3 is 0 Å². The van der Waals surface area contributed by atoms with Gasteiger partial charge in [0.1, 0.15) is 6.29 Å². The fraction of sp³-hybridized carbons (Fsp3) is 0.750. The van der Waals surface area contributed by atoms with Crippen molar-refractivity contribution in [2.24, 2.45) is 0 Å². The minimum absolute atomic E-state index is 0.197. The molecule has 0 saturated heterocycles. The first-order chi connectivity index (χ1) is 7.35. The zero-order chi connectivity index (χ0) is 11.4. The van der Waals surface area contributed by atoms with E-state index in [9.17, 15) is 4.79 Å². The lowest BCUT2D eigenvalue weighted by atomic mass is 10.1. The van der Waals surface area contributed by atoms with Gasteiger partial charge in [0.25, 0.3) is 0 Å². The Morgan fingerprint density at radius 3 is 2.20 bits per heavy atom. The minimum Gasteiger partial charge on any atom is -0.396 e. The lowest BCUT2D eigenvalue weighted by Gasteiger charge is -1.99. The van der Waals surface area contributed by atoms with Gasteiger partial charge in [-0.3, -0.25) is 4.79 Å². The second kappa shape index (κ2) is 11.4. The molecule has 0 heterocycles. The molecule has 88 valence electrons. The molecule has 0 spiro atoms. The topological polar surface area (TPSA) is 57.5 Å². The zero-order valence-corrected chi connectivity index (χ0v) is 9.32. The molecule has 0 radical (unpaired) electrons. The van der Waals surface area contributed by atoms with Crippen LogP contribution >= 0.6 is 0 Å². The normalized spacial score (nSPS) is 11.7. The van der Waals surface area contributed by atoms with E-state index in [4.69, 9.17) is 10.2 Å². The van der Waals surface area contributed by atoms with E-state index in [-0.39, 0.29) is 13.2 Å². The third kappa shape index (κ3) is 9.63. The first-order valence-corrected chi connectivity index (χ1v) is 5.71. The second-order valence-electron chi connectivity index (χ2n) is 3.65. The minimum atomic E-state index is 0.197.